The molecule has 0 N–H and O–H groups in total. The largest absolute Gasteiger partial charge is 0.465 e. The van der Waals surface area contributed by atoms with E-state index in [1.54, 1.807) is 6.20 Å². The van der Waals surface area contributed by atoms with Crippen molar-refractivity contribution in [2.45, 2.75) is 6.42 Å². The van der Waals surface area contributed by atoms with Crippen LogP contribution in [0.25, 0.3) is 0 Å². The molecule has 0 bridgehead atoms. The number of methoxy groups -OCH3 is 1. The average Bonchev–Trinajstić information content (AvgIpc) is 2.43. The Kier molecular flexibility index (Phi) is 5.69. The highest BCUT2D eigenvalue weighted by Crippen LogP contribution is 2.06. The summed E-state index contributed by atoms with van der Waals surface area (Å²) in [5, 5.41) is 17.3. The number of piperazine rings is 1. The molecule has 0 amide bonds. The summed E-state index contributed by atoms with van der Waals surface area (Å²) in [6, 6.07) is 3.95. The van der Waals surface area contributed by atoms with Gasteiger partial charge in [0, 0.05) is 45.3 Å². The van der Waals surface area contributed by atoms with E-state index in [-0.39, 0.29) is 5.57 Å². The highest BCUT2D eigenvalue weighted by Gasteiger charge is 2.16. The first-order valence-electron chi connectivity index (χ1n) is 5.75. The summed E-state index contributed by atoms with van der Waals surface area (Å²) in [7, 11) is 1.26. The van der Waals surface area contributed by atoms with E-state index >= 15 is 0 Å². The number of esters is 1. The molecule has 0 radical (unpaired) electrons. The summed E-state index contributed by atoms with van der Waals surface area (Å²) in [4.78, 5) is 15.4. The van der Waals surface area contributed by atoms with Gasteiger partial charge in [-0.2, -0.15) is 10.5 Å². The molecule has 0 aromatic heterocycles. The van der Waals surface area contributed by atoms with Crippen molar-refractivity contribution in [3.63, 3.8) is 0 Å². The molecule has 6 nitrogen and oxygen atoms in total. The van der Waals surface area contributed by atoms with Gasteiger partial charge in [-0.1, -0.05) is 0 Å². The van der Waals surface area contributed by atoms with E-state index in [4.69, 9.17) is 10.5 Å². The van der Waals surface area contributed by atoms with Crippen molar-refractivity contribution in [3.8, 4) is 12.1 Å². The summed E-state index contributed by atoms with van der Waals surface area (Å²) < 4.78 is 4.52. The van der Waals surface area contributed by atoms with Gasteiger partial charge in [0.2, 0.25) is 0 Å². The smallest absolute Gasteiger partial charge is 0.350 e. The standard InChI is InChI=1S/C12H16N4O2/c1-18-12(17)11(9-14)10-16-7-5-15(6-8-16)4-2-3-13/h10H,2,4-8H2,1H3/b11-10-. The number of carbonyl (C=O) groups excluding carboxylic acids is 1. The lowest BCUT2D eigenvalue weighted by atomic mass is 10.2. The molecule has 0 atom stereocenters. The molecule has 6 heteroatoms. The van der Waals surface area contributed by atoms with Crippen molar-refractivity contribution >= 4 is 5.97 Å². The van der Waals surface area contributed by atoms with Gasteiger partial charge < -0.3 is 9.64 Å². The summed E-state index contributed by atoms with van der Waals surface area (Å²) in [6.45, 7) is 3.92. The molecule has 0 unspecified atom stereocenters. The molecule has 1 saturated heterocycles. The third kappa shape index (κ3) is 4.08. The molecule has 0 aromatic carbocycles. The highest BCUT2D eigenvalue weighted by molar-refractivity contribution is 5.92. The van der Waals surface area contributed by atoms with Crippen LogP contribution >= 0.6 is 0 Å². The molecule has 0 aliphatic carbocycles. The zero-order valence-electron chi connectivity index (χ0n) is 10.4. The van der Waals surface area contributed by atoms with Crippen LogP contribution in [0.2, 0.25) is 0 Å². The second-order valence-corrected chi connectivity index (χ2v) is 3.93. The summed E-state index contributed by atoms with van der Waals surface area (Å²) in [5.74, 6) is -0.607. The molecule has 0 saturated carbocycles. The molecule has 1 rings (SSSR count). The fraction of sp³-hybridized carbons (Fsp3) is 0.583. The summed E-state index contributed by atoms with van der Waals surface area (Å²) >= 11 is 0. The van der Waals surface area contributed by atoms with Gasteiger partial charge in [0.15, 0.2) is 5.57 Å². The van der Waals surface area contributed by atoms with Crippen LogP contribution in [0.1, 0.15) is 6.42 Å². The van der Waals surface area contributed by atoms with E-state index < -0.39 is 5.97 Å². The molecule has 1 fully saturated rings. The fourth-order valence-corrected chi connectivity index (χ4v) is 1.74. The Balaban J connectivity index is 2.48. The lowest BCUT2D eigenvalue weighted by Crippen LogP contribution is -2.44. The molecule has 96 valence electrons. The van der Waals surface area contributed by atoms with Gasteiger partial charge in [0.1, 0.15) is 6.07 Å². The molecule has 1 heterocycles. The van der Waals surface area contributed by atoms with Crippen molar-refractivity contribution in [3.05, 3.63) is 11.8 Å². The van der Waals surface area contributed by atoms with E-state index in [0.717, 1.165) is 32.7 Å². The average molecular weight is 248 g/mol. The van der Waals surface area contributed by atoms with Crippen LogP contribution in [0.15, 0.2) is 11.8 Å². The Morgan fingerprint density at radius 3 is 2.50 bits per heavy atom. The number of carbonyl (C=O) groups is 1. The summed E-state index contributed by atoms with van der Waals surface area (Å²) in [5.41, 5.74) is 0.0166. The maximum atomic E-state index is 11.2. The van der Waals surface area contributed by atoms with Gasteiger partial charge in [-0.3, -0.25) is 4.90 Å². The highest BCUT2D eigenvalue weighted by atomic mass is 16.5. The minimum absolute atomic E-state index is 0.0166. The quantitative estimate of drug-likeness (QED) is 0.399. The topological polar surface area (TPSA) is 80.4 Å². The molecule has 0 spiro atoms. The summed E-state index contributed by atoms with van der Waals surface area (Å²) in [6.07, 6.45) is 2.08. The third-order valence-corrected chi connectivity index (χ3v) is 2.78. The molecular formula is C12H16N4O2. The van der Waals surface area contributed by atoms with Crippen molar-refractivity contribution in [2.75, 3.05) is 39.8 Å². The van der Waals surface area contributed by atoms with Crippen molar-refractivity contribution in [2.24, 2.45) is 0 Å². The third-order valence-electron chi connectivity index (χ3n) is 2.78. The molecule has 1 aliphatic rings. The van der Waals surface area contributed by atoms with Gasteiger partial charge in [-0.05, 0) is 0 Å². The maximum absolute atomic E-state index is 11.2. The number of hydrogen-bond donors (Lipinski definition) is 0. The number of rotatable bonds is 4. The number of nitriles is 2. The first-order valence-corrected chi connectivity index (χ1v) is 5.75. The Bertz CT molecular complexity index is 397. The van der Waals surface area contributed by atoms with Crippen molar-refractivity contribution in [1.29, 1.82) is 10.5 Å². The zero-order valence-corrected chi connectivity index (χ0v) is 10.4. The molecule has 1 aliphatic heterocycles. The minimum Gasteiger partial charge on any atom is -0.465 e. The zero-order chi connectivity index (χ0) is 13.4. The van der Waals surface area contributed by atoms with Crippen molar-refractivity contribution in [1.82, 2.24) is 9.80 Å². The van der Waals surface area contributed by atoms with E-state index in [0.29, 0.717) is 6.42 Å². The number of nitrogens with zero attached hydrogens (tertiary/aromatic N) is 4. The van der Waals surface area contributed by atoms with Crippen LogP contribution in [0, 0.1) is 22.7 Å². The van der Waals surface area contributed by atoms with Gasteiger partial charge in [-0.25, -0.2) is 4.79 Å². The Labute approximate surface area is 107 Å². The van der Waals surface area contributed by atoms with E-state index in [1.165, 1.54) is 7.11 Å². The van der Waals surface area contributed by atoms with Crippen LogP contribution in [0.3, 0.4) is 0 Å². The van der Waals surface area contributed by atoms with E-state index in [9.17, 15) is 4.79 Å². The van der Waals surface area contributed by atoms with Crippen LogP contribution < -0.4 is 0 Å². The first kappa shape index (κ1) is 14.0. The Morgan fingerprint density at radius 2 is 2.00 bits per heavy atom. The maximum Gasteiger partial charge on any atom is 0.350 e. The van der Waals surface area contributed by atoms with Crippen LogP contribution in [0.5, 0.6) is 0 Å². The van der Waals surface area contributed by atoms with Gasteiger partial charge in [0.05, 0.1) is 13.2 Å². The van der Waals surface area contributed by atoms with Gasteiger partial charge >= 0.3 is 5.97 Å². The van der Waals surface area contributed by atoms with Crippen LogP contribution in [0.4, 0.5) is 0 Å². The molecule has 18 heavy (non-hydrogen) atoms. The van der Waals surface area contributed by atoms with E-state index in [2.05, 4.69) is 15.7 Å². The first-order chi connectivity index (χ1) is 8.71. The molecule has 0 aromatic rings. The molecular weight excluding hydrogens is 232 g/mol. The second kappa shape index (κ2) is 7.31. The Morgan fingerprint density at radius 1 is 1.33 bits per heavy atom. The van der Waals surface area contributed by atoms with Gasteiger partial charge in [-0.15, -0.1) is 0 Å². The van der Waals surface area contributed by atoms with E-state index in [1.807, 2.05) is 11.0 Å². The van der Waals surface area contributed by atoms with Gasteiger partial charge in [0.25, 0.3) is 0 Å². The minimum atomic E-state index is -0.607. The van der Waals surface area contributed by atoms with Crippen molar-refractivity contribution < 1.29 is 9.53 Å². The lowest BCUT2D eigenvalue weighted by Gasteiger charge is -2.33. The Hall–Kier alpha value is -2.05. The lowest BCUT2D eigenvalue weighted by molar-refractivity contribution is -0.135. The number of hydrogen-bond acceptors (Lipinski definition) is 6. The fourth-order valence-electron chi connectivity index (χ4n) is 1.74. The second-order valence-electron chi connectivity index (χ2n) is 3.93. The predicted octanol–water partition coefficient (Wildman–Crippen LogP) is 0.0982. The monoisotopic (exact) mass is 248 g/mol. The normalized spacial score (nSPS) is 16.8. The SMILES string of the molecule is COC(=O)/C(C#N)=C\N1CCN(CCC#N)CC1. The van der Waals surface area contributed by atoms with Crippen LogP contribution in [-0.2, 0) is 9.53 Å². The van der Waals surface area contributed by atoms with Crippen LogP contribution in [-0.4, -0.2) is 55.6 Å². The number of ether oxygens (including phenoxy) is 1. The predicted molar refractivity (Wildman–Crippen MR) is 64.0 cm³/mol.